The minimum Gasteiger partial charge on any atom is -0.292 e. The van der Waals surface area contributed by atoms with Gasteiger partial charge in [0.2, 0.25) is 0 Å². The van der Waals surface area contributed by atoms with Crippen molar-refractivity contribution < 1.29 is 0 Å². The first-order valence-corrected chi connectivity index (χ1v) is 17.4. The minimum absolute atomic E-state index is 0.746. The normalized spacial score (nSPS) is 12.3. The average molecular weight is 634 g/mol. The molecule has 0 aliphatic rings. The van der Waals surface area contributed by atoms with Crippen molar-refractivity contribution in [2.75, 3.05) is 0 Å². The highest BCUT2D eigenvalue weighted by Crippen LogP contribution is 2.49. The Morgan fingerprint density at radius 3 is 1.85 bits per heavy atom. The van der Waals surface area contributed by atoms with E-state index >= 15 is 0 Å². The molecular formula is C42H23N3S2. The van der Waals surface area contributed by atoms with E-state index in [1.165, 1.54) is 62.7 Å². The fraction of sp³-hybridized carbons (Fsp3) is 0. The van der Waals surface area contributed by atoms with Gasteiger partial charge in [0.15, 0.2) is 11.6 Å². The lowest BCUT2D eigenvalue weighted by molar-refractivity contribution is 1.09. The Morgan fingerprint density at radius 2 is 1.04 bits per heavy atom. The van der Waals surface area contributed by atoms with Gasteiger partial charge in [0.1, 0.15) is 4.83 Å². The van der Waals surface area contributed by atoms with Crippen molar-refractivity contribution in [1.29, 1.82) is 0 Å². The van der Waals surface area contributed by atoms with Crippen LogP contribution in [0.2, 0.25) is 0 Å². The summed E-state index contributed by atoms with van der Waals surface area (Å²) >= 11 is 3.63. The van der Waals surface area contributed by atoms with Gasteiger partial charge in [0.05, 0.1) is 21.1 Å². The van der Waals surface area contributed by atoms with E-state index in [1.807, 2.05) is 11.3 Å². The molecule has 0 saturated heterocycles. The van der Waals surface area contributed by atoms with Crippen molar-refractivity contribution in [3.05, 3.63) is 140 Å². The van der Waals surface area contributed by atoms with Crippen molar-refractivity contribution in [2.45, 2.75) is 0 Å². The summed E-state index contributed by atoms with van der Waals surface area (Å²) in [6.45, 7) is 0. The van der Waals surface area contributed by atoms with Gasteiger partial charge >= 0.3 is 0 Å². The summed E-state index contributed by atoms with van der Waals surface area (Å²) in [7, 11) is 0. The maximum atomic E-state index is 5.59. The first-order valence-electron chi connectivity index (χ1n) is 15.8. The highest BCUT2D eigenvalue weighted by atomic mass is 32.1. The minimum atomic E-state index is 0.746. The molecule has 0 unspecified atom stereocenters. The predicted octanol–water partition coefficient (Wildman–Crippen LogP) is 12.3. The van der Waals surface area contributed by atoms with Crippen LogP contribution in [0.5, 0.6) is 0 Å². The molecule has 0 N–H and O–H groups in total. The number of nitrogens with zero attached hydrogens (tertiary/aromatic N) is 3. The third kappa shape index (κ3) is 3.45. The fourth-order valence-electron chi connectivity index (χ4n) is 7.65. The van der Waals surface area contributed by atoms with Gasteiger partial charge in [-0.3, -0.25) is 4.57 Å². The summed E-state index contributed by atoms with van der Waals surface area (Å²) in [5, 5.41) is 12.3. The molecule has 0 atom stereocenters. The number of thiophene rings is 2. The molecule has 0 bridgehead atoms. The number of fused-ring (bicyclic) bond motifs is 14. The second-order valence-corrected chi connectivity index (χ2v) is 14.2. The van der Waals surface area contributed by atoms with E-state index in [4.69, 9.17) is 9.97 Å². The predicted molar refractivity (Wildman–Crippen MR) is 203 cm³/mol. The summed E-state index contributed by atoms with van der Waals surface area (Å²) < 4.78 is 6.25. The van der Waals surface area contributed by atoms with Crippen LogP contribution in [0, 0.1) is 0 Å². The topological polar surface area (TPSA) is 30.7 Å². The van der Waals surface area contributed by atoms with Crippen LogP contribution >= 0.6 is 22.7 Å². The third-order valence-corrected chi connectivity index (χ3v) is 11.9. The van der Waals surface area contributed by atoms with Crippen molar-refractivity contribution in [3.8, 4) is 17.2 Å². The molecule has 7 aromatic carbocycles. The van der Waals surface area contributed by atoms with E-state index in [9.17, 15) is 0 Å². The Bertz CT molecular complexity index is 3080. The summed E-state index contributed by atoms with van der Waals surface area (Å²) in [5.74, 6) is 1.67. The highest BCUT2D eigenvalue weighted by molar-refractivity contribution is 7.27. The summed E-state index contributed by atoms with van der Waals surface area (Å²) in [4.78, 5) is 11.9. The van der Waals surface area contributed by atoms with Gasteiger partial charge in [-0.05, 0) is 39.7 Å². The van der Waals surface area contributed by atoms with Crippen LogP contribution < -0.4 is 0 Å². The molecule has 0 amide bonds. The van der Waals surface area contributed by atoms with Crippen LogP contribution in [0.4, 0.5) is 0 Å². The number of benzene rings is 7. The molecule has 0 saturated carbocycles. The lowest BCUT2D eigenvalue weighted by Crippen LogP contribution is -2.02. The first-order chi connectivity index (χ1) is 23.3. The van der Waals surface area contributed by atoms with Crippen molar-refractivity contribution >= 4 is 106 Å². The Morgan fingerprint density at radius 1 is 0.447 bits per heavy atom. The molecule has 4 aromatic heterocycles. The second kappa shape index (κ2) is 9.46. The summed E-state index contributed by atoms with van der Waals surface area (Å²) in [6, 6.07) is 50.2. The monoisotopic (exact) mass is 633 g/mol. The molecule has 0 fully saturated rings. The molecule has 4 heterocycles. The average Bonchev–Trinajstić information content (AvgIpc) is 3.81. The van der Waals surface area contributed by atoms with E-state index in [0.717, 1.165) is 38.3 Å². The van der Waals surface area contributed by atoms with E-state index in [0.29, 0.717) is 0 Å². The van der Waals surface area contributed by atoms with E-state index < -0.39 is 0 Å². The lowest BCUT2D eigenvalue weighted by atomic mass is 9.99. The van der Waals surface area contributed by atoms with Crippen LogP contribution in [0.3, 0.4) is 0 Å². The Labute approximate surface area is 276 Å². The third-order valence-electron chi connectivity index (χ3n) is 9.61. The second-order valence-electron chi connectivity index (χ2n) is 12.1. The SMILES string of the molecule is c1ccc2c(-c3nc(-n4c5ccccc5c5c6ccccc6c6c7ccccc7sc6c54)c4c(n3)sc3ccccc34)cccc2c1. The van der Waals surface area contributed by atoms with Crippen LogP contribution in [0.15, 0.2) is 140 Å². The molecular weight excluding hydrogens is 611 g/mol. The quantitative estimate of drug-likeness (QED) is 0.190. The molecule has 47 heavy (non-hydrogen) atoms. The molecule has 11 aromatic rings. The standard InChI is InChI=1S/C42H23N3S2/c1-2-14-25-24(12-1)13-11-20-28(25)40-43-41(37-31-19-7-10-23-34(31)47-42(37)44-40)45-32-21-8-5-17-29(32)35-26-15-3-4-16-27(26)36-30-18-6-9-22-33(30)46-39(36)38(35)45/h1-23H. The van der Waals surface area contributed by atoms with Crippen LogP contribution in [-0.2, 0) is 0 Å². The van der Waals surface area contributed by atoms with Crippen LogP contribution in [0.25, 0.3) is 101 Å². The number of para-hydroxylation sites is 1. The van der Waals surface area contributed by atoms with Crippen LogP contribution in [0.1, 0.15) is 0 Å². The van der Waals surface area contributed by atoms with Gasteiger partial charge < -0.3 is 0 Å². The molecule has 5 heteroatoms. The van der Waals surface area contributed by atoms with Gasteiger partial charge in [0, 0.05) is 41.9 Å². The number of hydrogen-bond donors (Lipinski definition) is 0. The number of rotatable bonds is 2. The maximum absolute atomic E-state index is 5.59. The van der Waals surface area contributed by atoms with Crippen molar-refractivity contribution in [3.63, 3.8) is 0 Å². The summed E-state index contributed by atoms with van der Waals surface area (Å²) in [6.07, 6.45) is 0. The van der Waals surface area contributed by atoms with Crippen molar-refractivity contribution in [2.24, 2.45) is 0 Å². The van der Waals surface area contributed by atoms with Gasteiger partial charge in [-0.25, -0.2) is 9.97 Å². The first kappa shape index (κ1) is 25.6. The molecule has 218 valence electrons. The Hall–Kier alpha value is -5.62. The van der Waals surface area contributed by atoms with Gasteiger partial charge in [-0.1, -0.05) is 121 Å². The largest absolute Gasteiger partial charge is 0.292 e. The van der Waals surface area contributed by atoms with E-state index in [1.54, 1.807) is 11.3 Å². The van der Waals surface area contributed by atoms with E-state index in [-0.39, 0.29) is 0 Å². The zero-order valence-corrected chi connectivity index (χ0v) is 26.6. The number of hydrogen-bond acceptors (Lipinski definition) is 4. The van der Waals surface area contributed by atoms with Gasteiger partial charge in [0.25, 0.3) is 0 Å². The smallest absolute Gasteiger partial charge is 0.163 e. The summed E-state index contributed by atoms with van der Waals surface area (Å²) in [5.41, 5.74) is 3.40. The molecule has 0 aliphatic carbocycles. The Kier molecular flexibility index (Phi) is 5.14. The number of aromatic nitrogens is 3. The molecule has 0 spiro atoms. The zero-order chi connectivity index (χ0) is 30.6. The highest BCUT2D eigenvalue weighted by Gasteiger charge is 2.25. The molecule has 3 nitrogen and oxygen atoms in total. The lowest BCUT2D eigenvalue weighted by Gasteiger charge is -2.13. The van der Waals surface area contributed by atoms with E-state index in [2.05, 4.69) is 144 Å². The molecule has 0 aliphatic heterocycles. The zero-order valence-electron chi connectivity index (χ0n) is 24.9. The molecule has 0 radical (unpaired) electrons. The van der Waals surface area contributed by atoms with Gasteiger partial charge in [-0.2, -0.15) is 0 Å². The van der Waals surface area contributed by atoms with Crippen LogP contribution in [-0.4, -0.2) is 14.5 Å². The van der Waals surface area contributed by atoms with Crippen molar-refractivity contribution in [1.82, 2.24) is 14.5 Å². The fourth-order valence-corrected chi connectivity index (χ4v) is 9.98. The van der Waals surface area contributed by atoms with Gasteiger partial charge in [-0.15, -0.1) is 22.7 Å². The maximum Gasteiger partial charge on any atom is 0.163 e. The Balaban J connectivity index is 1.41. The molecule has 11 rings (SSSR count).